The molecule has 0 saturated heterocycles. The Balaban J connectivity index is 5.00. The molecule has 0 saturated carbocycles. The molecule has 0 rings (SSSR count). The van der Waals surface area contributed by atoms with E-state index in [-0.39, 0.29) is 31.5 Å². The van der Waals surface area contributed by atoms with Crippen molar-refractivity contribution in [2.75, 3.05) is 40.9 Å². The molecule has 0 bridgehead atoms. The van der Waals surface area contributed by atoms with Crippen molar-refractivity contribution < 1.29 is 37.3 Å². The molecule has 0 aromatic rings. The lowest BCUT2D eigenvalue weighted by Crippen LogP contribution is -2.47. The number of carbonyl (C=O) groups is 2. The minimum atomic E-state index is -4.45. The quantitative estimate of drug-likeness (QED) is 0.0205. The molecule has 0 aliphatic carbocycles. The van der Waals surface area contributed by atoms with Crippen LogP contribution in [0.2, 0.25) is 0 Å². The van der Waals surface area contributed by atoms with Gasteiger partial charge in [0.15, 0.2) is 0 Å². The lowest BCUT2D eigenvalue weighted by Gasteiger charge is -2.27. The van der Waals surface area contributed by atoms with Crippen molar-refractivity contribution in [3.8, 4) is 0 Å². The Hall–Kier alpha value is -2.29. The van der Waals surface area contributed by atoms with E-state index in [1.54, 1.807) is 0 Å². The van der Waals surface area contributed by atoms with E-state index in [2.05, 4.69) is 74.7 Å². The van der Waals surface area contributed by atoms with E-state index in [1.165, 1.54) is 186 Å². The number of phosphoric ester groups is 1. The molecule has 77 heavy (non-hydrogen) atoms. The number of hydrogen-bond donors (Lipinski definition) is 2. The summed E-state index contributed by atoms with van der Waals surface area (Å²) in [5.41, 5.74) is 0. The molecular formula is C67H126N2O7P+. The Bertz CT molecular complexity index is 1500. The van der Waals surface area contributed by atoms with Gasteiger partial charge in [0, 0.05) is 12.8 Å². The Morgan fingerprint density at radius 1 is 0.455 bits per heavy atom. The van der Waals surface area contributed by atoms with Gasteiger partial charge in [-0.25, -0.2) is 4.57 Å². The number of nitrogens with zero attached hydrogens (tertiary/aromatic N) is 1. The fourth-order valence-electron chi connectivity index (χ4n) is 9.35. The van der Waals surface area contributed by atoms with Gasteiger partial charge in [-0.2, -0.15) is 0 Å². The lowest BCUT2D eigenvalue weighted by atomic mass is 10.0. The molecule has 2 N–H and O–H groups in total. The van der Waals surface area contributed by atoms with Gasteiger partial charge >= 0.3 is 13.8 Å². The number of hydrogen-bond acceptors (Lipinski definition) is 6. The number of allylic oxidation sites excluding steroid dienone is 9. The predicted octanol–water partition coefficient (Wildman–Crippen LogP) is 20.2. The highest BCUT2D eigenvalue weighted by Gasteiger charge is 2.30. The van der Waals surface area contributed by atoms with E-state index < -0.39 is 20.0 Å². The Morgan fingerprint density at radius 2 is 0.792 bits per heavy atom. The van der Waals surface area contributed by atoms with Gasteiger partial charge in [0.2, 0.25) is 5.91 Å². The minimum absolute atomic E-state index is 0.0378. The van der Waals surface area contributed by atoms with Gasteiger partial charge in [0.25, 0.3) is 0 Å². The summed E-state index contributed by atoms with van der Waals surface area (Å²) in [5.74, 6) is -0.518. The summed E-state index contributed by atoms with van der Waals surface area (Å²) >= 11 is 0. The summed E-state index contributed by atoms with van der Waals surface area (Å²) in [6.07, 6.45) is 72.3. The first-order valence-corrected chi connectivity index (χ1v) is 34.1. The molecule has 0 radical (unpaired) electrons. The Morgan fingerprint density at radius 3 is 1.23 bits per heavy atom. The second-order valence-electron chi connectivity index (χ2n) is 23.3. The number of rotatable bonds is 59. The van der Waals surface area contributed by atoms with Crippen LogP contribution in [0.15, 0.2) is 60.8 Å². The summed E-state index contributed by atoms with van der Waals surface area (Å²) < 4.78 is 30.7. The SMILES string of the molecule is CCCCC/C=C\C/C=C\C/C=C\CCCCCCCCCCCCCCCCC(=O)NC(COP(=O)(O)OCC[N+](C)(C)C)C(/C=C\CCCCCCCCCCC)OC(=O)CCCCC/C=C\CCCCCCCC. The third-order valence-corrected chi connectivity index (χ3v) is 15.4. The van der Waals surface area contributed by atoms with E-state index in [0.717, 1.165) is 77.0 Å². The zero-order valence-electron chi connectivity index (χ0n) is 51.5. The molecule has 1 amide bonds. The van der Waals surface area contributed by atoms with E-state index in [4.69, 9.17) is 13.8 Å². The van der Waals surface area contributed by atoms with Crippen molar-refractivity contribution in [1.82, 2.24) is 5.32 Å². The molecule has 0 aliphatic heterocycles. The van der Waals surface area contributed by atoms with Crippen LogP contribution in [0.3, 0.4) is 0 Å². The van der Waals surface area contributed by atoms with E-state index in [9.17, 15) is 19.0 Å². The number of phosphoric acid groups is 1. The number of ether oxygens (including phenoxy) is 1. The first-order valence-electron chi connectivity index (χ1n) is 32.6. The summed E-state index contributed by atoms with van der Waals surface area (Å²) in [6.45, 7) is 6.98. The molecule has 0 heterocycles. The van der Waals surface area contributed by atoms with Crippen LogP contribution in [0.5, 0.6) is 0 Å². The predicted molar refractivity (Wildman–Crippen MR) is 332 cm³/mol. The summed E-state index contributed by atoms with van der Waals surface area (Å²) in [6, 6.07) is -0.854. The molecule has 0 aromatic carbocycles. The van der Waals surface area contributed by atoms with Crippen molar-refractivity contribution in [3.05, 3.63) is 60.8 Å². The maximum absolute atomic E-state index is 13.6. The largest absolute Gasteiger partial charge is 0.472 e. The normalized spacial score (nSPS) is 14.0. The summed E-state index contributed by atoms with van der Waals surface area (Å²) in [4.78, 5) is 37.7. The van der Waals surface area contributed by atoms with Gasteiger partial charge in [-0.05, 0) is 96.0 Å². The van der Waals surface area contributed by atoms with E-state index >= 15 is 0 Å². The first-order chi connectivity index (χ1) is 37.4. The van der Waals surface area contributed by atoms with Crippen LogP contribution in [0.1, 0.15) is 303 Å². The van der Waals surface area contributed by atoms with E-state index in [1.807, 2.05) is 33.3 Å². The van der Waals surface area contributed by atoms with Crippen LogP contribution in [0.4, 0.5) is 0 Å². The Kier molecular flexibility index (Phi) is 55.3. The summed E-state index contributed by atoms with van der Waals surface area (Å²) in [5, 5.41) is 3.06. The topological polar surface area (TPSA) is 111 Å². The molecule has 0 fully saturated rings. The number of unbranched alkanes of at least 4 members (excludes halogenated alkanes) is 35. The minimum Gasteiger partial charge on any atom is -0.456 e. The molecule has 3 unspecified atom stereocenters. The van der Waals surface area contributed by atoms with Crippen molar-refractivity contribution in [2.24, 2.45) is 0 Å². The van der Waals surface area contributed by atoms with Gasteiger partial charge in [-0.1, -0.05) is 255 Å². The number of amides is 1. The van der Waals surface area contributed by atoms with Crippen molar-refractivity contribution in [2.45, 2.75) is 315 Å². The third kappa shape index (κ3) is 58.2. The third-order valence-electron chi connectivity index (χ3n) is 14.4. The number of likely N-dealkylation sites (N-methyl/N-ethyl adjacent to an activating group) is 1. The Labute approximate surface area is 477 Å². The average molecular weight is 1100 g/mol. The number of nitrogens with one attached hydrogen (secondary N) is 1. The number of esters is 1. The summed E-state index contributed by atoms with van der Waals surface area (Å²) in [7, 11) is 1.49. The number of quaternary nitrogens is 1. The fraction of sp³-hybridized carbons (Fsp3) is 0.821. The van der Waals surface area contributed by atoms with Crippen LogP contribution in [-0.2, 0) is 27.9 Å². The van der Waals surface area contributed by atoms with Crippen LogP contribution in [-0.4, -0.2) is 74.3 Å². The molecule has 450 valence electrons. The maximum atomic E-state index is 13.6. The lowest BCUT2D eigenvalue weighted by molar-refractivity contribution is -0.870. The van der Waals surface area contributed by atoms with Crippen molar-refractivity contribution >= 4 is 19.7 Å². The molecule has 0 spiro atoms. The second kappa shape index (κ2) is 57.0. The molecular weight excluding hydrogens is 976 g/mol. The molecule has 10 heteroatoms. The van der Waals surface area contributed by atoms with Crippen molar-refractivity contribution in [1.29, 1.82) is 0 Å². The number of carbonyl (C=O) groups excluding carboxylic acids is 2. The van der Waals surface area contributed by atoms with Gasteiger partial charge in [-0.15, -0.1) is 0 Å². The maximum Gasteiger partial charge on any atom is 0.472 e. The van der Waals surface area contributed by atoms with Crippen LogP contribution >= 0.6 is 7.82 Å². The monoisotopic (exact) mass is 1100 g/mol. The molecule has 0 aliphatic rings. The van der Waals surface area contributed by atoms with Gasteiger partial charge in [0.1, 0.15) is 19.3 Å². The zero-order chi connectivity index (χ0) is 56.4. The van der Waals surface area contributed by atoms with Crippen LogP contribution in [0, 0.1) is 0 Å². The molecule has 3 atom stereocenters. The first kappa shape index (κ1) is 74.7. The van der Waals surface area contributed by atoms with E-state index in [0.29, 0.717) is 23.9 Å². The van der Waals surface area contributed by atoms with Crippen molar-refractivity contribution in [3.63, 3.8) is 0 Å². The molecule has 9 nitrogen and oxygen atoms in total. The van der Waals surface area contributed by atoms with Crippen LogP contribution < -0.4 is 5.32 Å². The van der Waals surface area contributed by atoms with Gasteiger partial charge in [0.05, 0.1) is 33.8 Å². The highest BCUT2D eigenvalue weighted by molar-refractivity contribution is 7.47. The second-order valence-corrected chi connectivity index (χ2v) is 24.7. The average Bonchev–Trinajstić information content (AvgIpc) is 3.39. The smallest absolute Gasteiger partial charge is 0.456 e. The van der Waals surface area contributed by atoms with Gasteiger partial charge in [-0.3, -0.25) is 18.6 Å². The highest BCUT2D eigenvalue weighted by atomic mass is 31.2. The standard InChI is InChI=1S/C67H125N2O7P/c1-7-10-13-16-19-22-25-27-28-29-30-31-32-33-34-35-36-37-38-39-40-42-44-47-50-53-56-59-66(70)68-64(63-75-77(72,73)74-62-61-69(4,5)6)65(58-55-52-49-46-43-24-21-18-15-12-9-3)76-67(71)60-57-54-51-48-45-41-26-23-20-17-14-11-8-2/h19,22,27-28,30-31,41,45,55,58,64-65H,7-18,20-21,23-26,29,32-40,42-44,46-54,56-57,59-63H2,1-6H3,(H-,68,70,72,73)/p+1/b22-19-,28-27-,31-30-,45-41-,58-55-. The highest BCUT2D eigenvalue weighted by Crippen LogP contribution is 2.43. The molecule has 0 aromatic heterocycles. The van der Waals surface area contributed by atoms with Crippen LogP contribution in [0.25, 0.3) is 0 Å². The zero-order valence-corrected chi connectivity index (χ0v) is 52.3. The van der Waals surface area contributed by atoms with Gasteiger partial charge < -0.3 is 19.4 Å². The fourth-order valence-corrected chi connectivity index (χ4v) is 10.1.